The van der Waals surface area contributed by atoms with Gasteiger partial charge in [-0.3, -0.25) is 4.90 Å². The molecule has 25 heavy (non-hydrogen) atoms. The van der Waals surface area contributed by atoms with Gasteiger partial charge in [0.2, 0.25) is 0 Å². The van der Waals surface area contributed by atoms with Gasteiger partial charge in [0, 0.05) is 45.7 Å². The van der Waals surface area contributed by atoms with E-state index in [9.17, 15) is 0 Å². The Balaban J connectivity index is 0.00000312. The fourth-order valence-corrected chi connectivity index (χ4v) is 3.16. The zero-order chi connectivity index (χ0) is 17.2. The Morgan fingerprint density at radius 3 is 2.76 bits per heavy atom. The van der Waals surface area contributed by atoms with Crippen LogP contribution in [0.2, 0.25) is 0 Å². The van der Waals surface area contributed by atoms with Gasteiger partial charge in [-0.25, -0.2) is 9.98 Å². The highest BCUT2D eigenvalue weighted by molar-refractivity contribution is 14.0. The predicted octanol–water partition coefficient (Wildman–Crippen LogP) is 1.60. The average molecular weight is 482 g/mol. The number of aliphatic imine (C=N–C) groups is 1. The Morgan fingerprint density at radius 2 is 2.12 bits per heavy atom. The van der Waals surface area contributed by atoms with Crippen LogP contribution in [-0.2, 0) is 11.3 Å². The minimum Gasteiger partial charge on any atom is -0.379 e. The van der Waals surface area contributed by atoms with Crippen molar-refractivity contribution < 1.29 is 4.74 Å². The number of rotatable bonds is 8. The van der Waals surface area contributed by atoms with Crippen LogP contribution in [0.4, 0.5) is 5.13 Å². The number of aromatic nitrogens is 1. The molecule has 0 bridgehead atoms. The number of hydrogen-bond acceptors (Lipinski definition) is 6. The summed E-state index contributed by atoms with van der Waals surface area (Å²) in [6.45, 7) is 9.38. The van der Waals surface area contributed by atoms with E-state index in [0.717, 1.165) is 69.1 Å². The van der Waals surface area contributed by atoms with E-state index in [1.165, 1.54) is 0 Å². The molecule has 1 saturated heterocycles. The van der Waals surface area contributed by atoms with Crippen LogP contribution in [0.25, 0.3) is 0 Å². The van der Waals surface area contributed by atoms with Crippen LogP contribution < -0.4 is 15.5 Å². The Morgan fingerprint density at radius 1 is 1.36 bits per heavy atom. The molecular formula is C16H31IN6OS. The predicted molar refractivity (Wildman–Crippen MR) is 117 cm³/mol. The second-order valence-corrected chi connectivity index (χ2v) is 6.78. The highest BCUT2D eigenvalue weighted by Crippen LogP contribution is 2.18. The highest BCUT2D eigenvalue weighted by atomic mass is 127. The van der Waals surface area contributed by atoms with Crippen molar-refractivity contribution in [2.75, 3.05) is 64.9 Å². The molecule has 0 saturated carbocycles. The van der Waals surface area contributed by atoms with Gasteiger partial charge in [-0.05, 0) is 19.9 Å². The van der Waals surface area contributed by atoms with Gasteiger partial charge >= 0.3 is 0 Å². The average Bonchev–Trinajstić information content (AvgIpc) is 3.06. The van der Waals surface area contributed by atoms with E-state index in [0.29, 0.717) is 6.54 Å². The highest BCUT2D eigenvalue weighted by Gasteiger charge is 2.09. The van der Waals surface area contributed by atoms with Crippen molar-refractivity contribution in [1.29, 1.82) is 0 Å². The summed E-state index contributed by atoms with van der Waals surface area (Å²) in [4.78, 5) is 13.7. The summed E-state index contributed by atoms with van der Waals surface area (Å²) in [6.07, 6.45) is 1.10. The number of morpholine rings is 1. The van der Waals surface area contributed by atoms with Gasteiger partial charge in [-0.2, -0.15) is 0 Å². The lowest BCUT2D eigenvalue weighted by atomic mass is 10.3. The van der Waals surface area contributed by atoms with E-state index in [4.69, 9.17) is 4.74 Å². The first kappa shape index (κ1) is 22.4. The summed E-state index contributed by atoms with van der Waals surface area (Å²) in [7, 11) is 4.01. The van der Waals surface area contributed by atoms with Gasteiger partial charge in [0.25, 0.3) is 0 Å². The number of halogens is 1. The third-order valence-corrected chi connectivity index (χ3v) is 4.77. The van der Waals surface area contributed by atoms with Gasteiger partial charge in [0.15, 0.2) is 11.1 Å². The number of anilines is 1. The van der Waals surface area contributed by atoms with E-state index in [1.54, 1.807) is 11.3 Å². The van der Waals surface area contributed by atoms with Crippen molar-refractivity contribution in [2.45, 2.75) is 19.9 Å². The molecule has 2 N–H and O–H groups in total. The zero-order valence-corrected chi connectivity index (χ0v) is 18.6. The molecule has 0 aliphatic carbocycles. The molecule has 2 rings (SSSR count). The molecule has 144 valence electrons. The van der Waals surface area contributed by atoms with Crippen molar-refractivity contribution in [1.82, 2.24) is 20.5 Å². The van der Waals surface area contributed by atoms with E-state index >= 15 is 0 Å². The second-order valence-electron chi connectivity index (χ2n) is 5.95. The molecule has 0 radical (unpaired) electrons. The molecule has 1 aromatic rings. The Labute approximate surface area is 172 Å². The molecule has 0 amide bonds. The normalized spacial score (nSPS) is 15.6. The summed E-state index contributed by atoms with van der Waals surface area (Å²) >= 11 is 1.65. The number of ether oxygens (including phenoxy) is 1. The first-order chi connectivity index (χ1) is 11.7. The van der Waals surface area contributed by atoms with Crippen LogP contribution in [0.1, 0.15) is 19.0 Å². The quantitative estimate of drug-likeness (QED) is 0.254. The van der Waals surface area contributed by atoms with Crippen molar-refractivity contribution in [3.8, 4) is 0 Å². The molecule has 1 fully saturated rings. The SMILES string of the molecule is CCNC(=NCc1csc(N(C)C)n1)NCCCN1CCOCC1.I. The van der Waals surface area contributed by atoms with Crippen LogP contribution in [0.3, 0.4) is 0 Å². The van der Waals surface area contributed by atoms with E-state index in [2.05, 4.69) is 37.8 Å². The topological polar surface area (TPSA) is 65.0 Å². The lowest BCUT2D eigenvalue weighted by Crippen LogP contribution is -2.40. The smallest absolute Gasteiger partial charge is 0.191 e. The second kappa shape index (κ2) is 12.7. The van der Waals surface area contributed by atoms with Gasteiger partial charge in [-0.15, -0.1) is 35.3 Å². The molecule has 7 nitrogen and oxygen atoms in total. The maximum Gasteiger partial charge on any atom is 0.191 e. The largest absolute Gasteiger partial charge is 0.379 e. The molecule has 1 aliphatic heterocycles. The fraction of sp³-hybridized carbons (Fsp3) is 0.750. The monoisotopic (exact) mass is 482 g/mol. The molecule has 0 spiro atoms. The van der Waals surface area contributed by atoms with E-state index in [1.807, 2.05) is 19.0 Å². The van der Waals surface area contributed by atoms with Crippen LogP contribution in [-0.4, -0.2) is 75.9 Å². The Hall–Kier alpha value is -0.650. The first-order valence-corrected chi connectivity index (χ1v) is 9.51. The number of thiazole rings is 1. The standard InChI is InChI=1S/C16H30N6OS.HI/c1-4-17-15(18-6-5-7-22-8-10-23-11-9-22)19-12-14-13-24-16(20-14)21(2)3;/h13H,4-12H2,1-3H3,(H2,17,18,19);1H. The molecule has 1 aromatic heterocycles. The fourth-order valence-electron chi connectivity index (χ4n) is 2.41. The third-order valence-electron chi connectivity index (χ3n) is 3.71. The Kier molecular flexibility index (Phi) is 11.3. The number of hydrogen-bond donors (Lipinski definition) is 2. The molecule has 0 atom stereocenters. The molecule has 2 heterocycles. The lowest BCUT2D eigenvalue weighted by molar-refractivity contribution is 0.0376. The zero-order valence-electron chi connectivity index (χ0n) is 15.5. The summed E-state index contributed by atoms with van der Waals surface area (Å²) < 4.78 is 5.37. The van der Waals surface area contributed by atoms with Crippen LogP contribution in [0, 0.1) is 0 Å². The number of nitrogens with zero attached hydrogens (tertiary/aromatic N) is 4. The first-order valence-electron chi connectivity index (χ1n) is 8.63. The number of nitrogens with one attached hydrogen (secondary N) is 2. The molecule has 1 aliphatic rings. The van der Waals surface area contributed by atoms with Crippen LogP contribution >= 0.6 is 35.3 Å². The van der Waals surface area contributed by atoms with Crippen molar-refractivity contribution in [2.24, 2.45) is 4.99 Å². The van der Waals surface area contributed by atoms with Gasteiger partial charge in [0.05, 0.1) is 25.5 Å². The maximum atomic E-state index is 5.37. The van der Waals surface area contributed by atoms with Crippen molar-refractivity contribution in [3.05, 3.63) is 11.1 Å². The van der Waals surface area contributed by atoms with Crippen LogP contribution in [0.5, 0.6) is 0 Å². The van der Waals surface area contributed by atoms with Crippen molar-refractivity contribution in [3.63, 3.8) is 0 Å². The summed E-state index contributed by atoms with van der Waals surface area (Å²) in [5.74, 6) is 0.860. The molecular weight excluding hydrogens is 451 g/mol. The Bertz CT molecular complexity index is 505. The summed E-state index contributed by atoms with van der Waals surface area (Å²) in [5, 5.41) is 9.79. The van der Waals surface area contributed by atoms with Gasteiger partial charge in [0.1, 0.15) is 0 Å². The molecule has 9 heteroatoms. The van der Waals surface area contributed by atoms with Gasteiger partial charge < -0.3 is 20.3 Å². The van der Waals surface area contributed by atoms with E-state index < -0.39 is 0 Å². The van der Waals surface area contributed by atoms with Crippen LogP contribution in [0.15, 0.2) is 10.4 Å². The number of guanidine groups is 1. The van der Waals surface area contributed by atoms with Gasteiger partial charge in [-0.1, -0.05) is 0 Å². The lowest BCUT2D eigenvalue weighted by Gasteiger charge is -2.26. The van der Waals surface area contributed by atoms with Crippen molar-refractivity contribution >= 4 is 46.4 Å². The summed E-state index contributed by atoms with van der Waals surface area (Å²) in [5.41, 5.74) is 1.01. The minimum atomic E-state index is 0. The molecule has 0 unspecified atom stereocenters. The maximum absolute atomic E-state index is 5.37. The summed E-state index contributed by atoms with van der Waals surface area (Å²) in [6, 6.07) is 0. The molecule has 0 aromatic carbocycles. The minimum absolute atomic E-state index is 0. The third kappa shape index (κ3) is 8.52. The van der Waals surface area contributed by atoms with E-state index in [-0.39, 0.29) is 24.0 Å².